The molecule has 0 unspecified atom stereocenters. The number of sulfonamides is 1. The van der Waals surface area contributed by atoms with Crippen LogP contribution in [0, 0.1) is 0 Å². The minimum absolute atomic E-state index is 0.126. The Bertz CT molecular complexity index is 963. The van der Waals surface area contributed by atoms with Crippen molar-refractivity contribution >= 4 is 33.2 Å². The molecule has 0 bridgehead atoms. The van der Waals surface area contributed by atoms with Crippen molar-refractivity contribution in [2.75, 3.05) is 36.9 Å². The zero-order valence-electron chi connectivity index (χ0n) is 16.1. The van der Waals surface area contributed by atoms with Gasteiger partial charge in [0.15, 0.2) is 0 Å². The first-order valence-electron chi connectivity index (χ1n) is 9.26. The van der Waals surface area contributed by atoms with Crippen LogP contribution in [0.2, 0.25) is 5.02 Å². The zero-order chi connectivity index (χ0) is 20.9. The number of methoxy groups -OCH3 is 1. The molecule has 0 atom stereocenters. The third kappa shape index (κ3) is 5.33. The lowest BCUT2D eigenvalue weighted by Crippen LogP contribution is -2.37. The predicted molar refractivity (Wildman–Crippen MR) is 113 cm³/mol. The molecule has 0 saturated carbocycles. The first-order valence-corrected chi connectivity index (χ1v) is 11.2. The molecule has 3 rings (SSSR count). The van der Waals surface area contributed by atoms with Gasteiger partial charge >= 0.3 is 0 Å². The highest BCUT2D eigenvalue weighted by molar-refractivity contribution is 7.92. The van der Waals surface area contributed by atoms with Crippen molar-refractivity contribution in [3.8, 4) is 11.5 Å². The fourth-order valence-electron chi connectivity index (χ4n) is 3.02. The molecule has 2 aromatic carbocycles. The Morgan fingerprint density at radius 3 is 2.52 bits per heavy atom. The second kappa shape index (κ2) is 9.37. The average Bonchev–Trinajstić information content (AvgIpc) is 2.71. The number of carbonyl (C=O) groups excluding carboxylic acids is 1. The van der Waals surface area contributed by atoms with E-state index in [0.29, 0.717) is 37.6 Å². The first kappa shape index (κ1) is 21.3. The van der Waals surface area contributed by atoms with E-state index in [1.807, 2.05) is 0 Å². The Labute approximate surface area is 175 Å². The molecular formula is C20H23ClN2O5S. The van der Waals surface area contributed by atoms with Crippen LogP contribution in [0.15, 0.2) is 42.5 Å². The molecule has 1 N–H and O–H groups in total. The zero-order valence-corrected chi connectivity index (χ0v) is 17.6. The predicted octanol–water partition coefficient (Wildman–Crippen LogP) is 3.09. The Morgan fingerprint density at radius 2 is 1.86 bits per heavy atom. The summed E-state index contributed by atoms with van der Waals surface area (Å²) in [6, 6.07) is 11.8. The number of rotatable bonds is 7. The largest absolute Gasteiger partial charge is 0.497 e. The Balaban J connectivity index is 1.55. The standard InChI is InChI=1S/C20H23ClN2O5S/c1-27-16-5-7-17(8-6-16)28-12-10-22-20(24)18-9-4-15(14-19(18)21)23-11-2-3-13-29(23,25)26/h4-9,14H,2-3,10-13H2,1H3,(H,22,24). The molecule has 0 spiro atoms. The highest BCUT2D eigenvalue weighted by atomic mass is 35.5. The number of carbonyl (C=O) groups is 1. The number of ether oxygens (including phenoxy) is 2. The van der Waals surface area contributed by atoms with Crippen molar-refractivity contribution in [2.24, 2.45) is 0 Å². The highest BCUT2D eigenvalue weighted by Gasteiger charge is 2.26. The smallest absolute Gasteiger partial charge is 0.252 e. The summed E-state index contributed by atoms with van der Waals surface area (Å²) in [5.74, 6) is 1.19. The van der Waals surface area contributed by atoms with E-state index in [4.69, 9.17) is 21.1 Å². The van der Waals surface area contributed by atoms with Crippen molar-refractivity contribution in [1.29, 1.82) is 0 Å². The molecule has 29 heavy (non-hydrogen) atoms. The molecule has 1 aliphatic heterocycles. The van der Waals surface area contributed by atoms with Crippen LogP contribution in [0.25, 0.3) is 0 Å². The third-order valence-corrected chi connectivity index (χ3v) is 6.73. The molecule has 0 aliphatic carbocycles. The van der Waals surface area contributed by atoms with Gasteiger partial charge in [0.2, 0.25) is 10.0 Å². The van der Waals surface area contributed by atoms with Crippen LogP contribution >= 0.6 is 11.6 Å². The van der Waals surface area contributed by atoms with Gasteiger partial charge in [0.1, 0.15) is 18.1 Å². The van der Waals surface area contributed by atoms with E-state index in [-0.39, 0.29) is 22.2 Å². The molecule has 0 aromatic heterocycles. The van der Waals surface area contributed by atoms with E-state index >= 15 is 0 Å². The molecular weight excluding hydrogens is 416 g/mol. The summed E-state index contributed by atoms with van der Waals surface area (Å²) >= 11 is 6.25. The van der Waals surface area contributed by atoms with Crippen LogP contribution < -0.4 is 19.1 Å². The molecule has 0 radical (unpaired) electrons. The van der Waals surface area contributed by atoms with Crippen LogP contribution in [0.4, 0.5) is 5.69 Å². The SMILES string of the molecule is COc1ccc(OCCNC(=O)c2ccc(N3CCCCS3(=O)=O)cc2Cl)cc1. The van der Waals surface area contributed by atoms with Gasteiger partial charge in [-0.25, -0.2) is 8.42 Å². The minimum Gasteiger partial charge on any atom is -0.497 e. The molecule has 1 heterocycles. The third-order valence-electron chi connectivity index (χ3n) is 4.55. The van der Waals surface area contributed by atoms with Crippen LogP contribution in [-0.2, 0) is 10.0 Å². The van der Waals surface area contributed by atoms with Crippen LogP contribution in [0.1, 0.15) is 23.2 Å². The van der Waals surface area contributed by atoms with Gasteiger partial charge in [-0.3, -0.25) is 9.10 Å². The number of amides is 1. The Morgan fingerprint density at radius 1 is 1.14 bits per heavy atom. The van der Waals surface area contributed by atoms with Gasteiger partial charge in [-0.2, -0.15) is 0 Å². The number of nitrogens with zero attached hydrogens (tertiary/aromatic N) is 1. The fraction of sp³-hybridized carbons (Fsp3) is 0.350. The number of halogens is 1. The molecule has 9 heteroatoms. The van der Waals surface area contributed by atoms with Gasteiger partial charge in [-0.15, -0.1) is 0 Å². The summed E-state index contributed by atoms with van der Waals surface area (Å²) < 4.78 is 36.4. The molecule has 1 saturated heterocycles. The second-order valence-corrected chi connectivity index (χ2v) is 8.96. The lowest BCUT2D eigenvalue weighted by molar-refractivity contribution is 0.0947. The summed E-state index contributed by atoms with van der Waals surface area (Å²) in [4.78, 5) is 12.4. The van der Waals surface area contributed by atoms with Gasteiger partial charge in [0.05, 0.1) is 35.7 Å². The summed E-state index contributed by atoms with van der Waals surface area (Å²) in [6.07, 6.45) is 1.46. The highest BCUT2D eigenvalue weighted by Crippen LogP contribution is 2.28. The topological polar surface area (TPSA) is 84.9 Å². The molecule has 156 valence electrons. The molecule has 2 aromatic rings. The quantitative estimate of drug-likeness (QED) is 0.671. The lowest BCUT2D eigenvalue weighted by atomic mass is 10.2. The maximum absolute atomic E-state index is 12.4. The van der Waals surface area contributed by atoms with Gasteiger partial charge < -0.3 is 14.8 Å². The van der Waals surface area contributed by atoms with E-state index in [9.17, 15) is 13.2 Å². The van der Waals surface area contributed by atoms with Gasteiger partial charge in [0.25, 0.3) is 5.91 Å². The summed E-state index contributed by atoms with van der Waals surface area (Å²) in [5, 5.41) is 2.95. The van der Waals surface area contributed by atoms with Crippen LogP contribution in [-0.4, -0.2) is 46.9 Å². The van der Waals surface area contributed by atoms with Crippen LogP contribution in [0.3, 0.4) is 0 Å². The number of anilines is 1. The van der Waals surface area contributed by atoms with Crippen LogP contribution in [0.5, 0.6) is 11.5 Å². The molecule has 1 fully saturated rings. The van der Waals surface area contributed by atoms with Gasteiger partial charge in [0, 0.05) is 6.54 Å². The maximum atomic E-state index is 12.4. The van der Waals surface area contributed by atoms with Crippen molar-refractivity contribution < 1.29 is 22.7 Å². The van der Waals surface area contributed by atoms with E-state index in [1.165, 1.54) is 10.4 Å². The van der Waals surface area contributed by atoms with Crippen molar-refractivity contribution in [1.82, 2.24) is 5.32 Å². The summed E-state index contributed by atoms with van der Waals surface area (Å²) in [6.45, 7) is 1.01. The monoisotopic (exact) mass is 438 g/mol. The number of nitrogens with one attached hydrogen (secondary N) is 1. The Kier molecular flexibility index (Phi) is 6.87. The van der Waals surface area contributed by atoms with E-state index in [0.717, 1.165) is 12.2 Å². The number of hydrogen-bond donors (Lipinski definition) is 1. The lowest BCUT2D eigenvalue weighted by Gasteiger charge is -2.28. The fourth-order valence-corrected chi connectivity index (χ4v) is 4.91. The first-order chi connectivity index (χ1) is 13.9. The Hall–Kier alpha value is -2.45. The van der Waals surface area contributed by atoms with E-state index in [1.54, 1.807) is 43.5 Å². The van der Waals surface area contributed by atoms with Gasteiger partial charge in [-0.1, -0.05) is 11.6 Å². The number of benzene rings is 2. The molecule has 1 aliphatic rings. The molecule has 1 amide bonds. The molecule has 7 nitrogen and oxygen atoms in total. The van der Waals surface area contributed by atoms with E-state index in [2.05, 4.69) is 5.32 Å². The van der Waals surface area contributed by atoms with Gasteiger partial charge in [-0.05, 0) is 55.3 Å². The average molecular weight is 439 g/mol. The minimum atomic E-state index is -3.33. The summed E-state index contributed by atoms with van der Waals surface area (Å²) in [5.41, 5.74) is 0.767. The maximum Gasteiger partial charge on any atom is 0.252 e. The van der Waals surface area contributed by atoms with Crippen molar-refractivity contribution in [3.63, 3.8) is 0 Å². The normalized spacial score (nSPS) is 15.6. The van der Waals surface area contributed by atoms with E-state index < -0.39 is 10.0 Å². The second-order valence-electron chi connectivity index (χ2n) is 6.54. The number of hydrogen-bond acceptors (Lipinski definition) is 5. The van der Waals surface area contributed by atoms with Crippen molar-refractivity contribution in [3.05, 3.63) is 53.1 Å². The summed E-state index contributed by atoms with van der Waals surface area (Å²) in [7, 11) is -1.73. The van der Waals surface area contributed by atoms with Crippen molar-refractivity contribution in [2.45, 2.75) is 12.8 Å².